The third-order valence-corrected chi connectivity index (χ3v) is 6.91. The maximum atomic E-state index is 13.2. The van der Waals surface area contributed by atoms with Gasteiger partial charge in [-0.05, 0) is 42.7 Å². The molecule has 9 nitrogen and oxygen atoms in total. The van der Waals surface area contributed by atoms with Crippen molar-refractivity contribution in [3.05, 3.63) is 47.0 Å². The van der Waals surface area contributed by atoms with Gasteiger partial charge in [-0.3, -0.25) is 14.9 Å². The SMILES string of the molecule is C/C(=C(\C#N)C(=O)N1CCC[C@@H]1COC[C@H](NCC(F)(F)F)C(=O)N[C@@H](Cc1ccccc1)B(O)O)C(C)(C)C. The van der Waals surface area contributed by atoms with Gasteiger partial charge in [0.2, 0.25) is 5.91 Å². The summed E-state index contributed by atoms with van der Waals surface area (Å²) >= 11 is 0. The number of ether oxygens (including phenoxy) is 1. The topological polar surface area (TPSA) is 135 Å². The summed E-state index contributed by atoms with van der Waals surface area (Å²) in [6, 6.07) is 8.80. The van der Waals surface area contributed by atoms with Crippen molar-refractivity contribution in [2.75, 3.05) is 26.3 Å². The number of hydrogen-bond acceptors (Lipinski definition) is 7. The van der Waals surface area contributed by atoms with E-state index in [0.29, 0.717) is 30.5 Å². The van der Waals surface area contributed by atoms with Crippen molar-refractivity contribution in [1.82, 2.24) is 15.5 Å². The number of rotatable bonds is 12. The van der Waals surface area contributed by atoms with Crippen molar-refractivity contribution in [3.8, 4) is 6.07 Å². The summed E-state index contributed by atoms with van der Waals surface area (Å²) < 4.78 is 44.4. The van der Waals surface area contributed by atoms with Crippen molar-refractivity contribution in [2.45, 2.75) is 71.2 Å². The zero-order valence-electron chi connectivity index (χ0n) is 23.3. The van der Waals surface area contributed by atoms with Gasteiger partial charge in [0.05, 0.1) is 31.7 Å². The monoisotopic (exact) mass is 566 g/mol. The van der Waals surface area contributed by atoms with E-state index in [2.05, 4.69) is 10.6 Å². The number of carbonyl (C=O) groups is 2. The Labute approximate surface area is 233 Å². The number of carbonyl (C=O) groups excluding carboxylic acids is 2. The van der Waals surface area contributed by atoms with Gasteiger partial charge in [-0.15, -0.1) is 0 Å². The molecule has 0 unspecified atom stereocenters. The molecule has 1 aromatic carbocycles. The maximum absolute atomic E-state index is 13.2. The van der Waals surface area contributed by atoms with Crippen LogP contribution in [0.4, 0.5) is 13.2 Å². The number of benzene rings is 1. The Morgan fingerprint density at radius 3 is 2.42 bits per heavy atom. The van der Waals surface area contributed by atoms with Crippen LogP contribution >= 0.6 is 0 Å². The van der Waals surface area contributed by atoms with Gasteiger partial charge >= 0.3 is 13.3 Å². The van der Waals surface area contributed by atoms with Gasteiger partial charge in [0.25, 0.3) is 5.91 Å². The van der Waals surface area contributed by atoms with Crippen LogP contribution in [0.15, 0.2) is 41.5 Å². The number of nitrogens with one attached hydrogen (secondary N) is 2. The third-order valence-electron chi connectivity index (χ3n) is 6.91. The summed E-state index contributed by atoms with van der Waals surface area (Å²) in [6.07, 6.45) is -3.32. The van der Waals surface area contributed by atoms with E-state index in [1.165, 1.54) is 4.90 Å². The van der Waals surface area contributed by atoms with Gasteiger partial charge in [0, 0.05) is 6.54 Å². The summed E-state index contributed by atoms with van der Waals surface area (Å²) in [5.74, 6) is -2.49. The predicted octanol–water partition coefficient (Wildman–Crippen LogP) is 2.14. The van der Waals surface area contributed by atoms with Crippen LogP contribution in [0, 0.1) is 16.7 Å². The van der Waals surface area contributed by atoms with E-state index in [4.69, 9.17) is 4.74 Å². The third kappa shape index (κ3) is 10.2. The summed E-state index contributed by atoms with van der Waals surface area (Å²) in [4.78, 5) is 27.6. The second-order valence-electron chi connectivity index (χ2n) is 11.0. The Morgan fingerprint density at radius 2 is 1.88 bits per heavy atom. The lowest BCUT2D eigenvalue weighted by Gasteiger charge is -2.28. The first-order valence-electron chi connectivity index (χ1n) is 13.1. The lowest BCUT2D eigenvalue weighted by atomic mass is 9.76. The van der Waals surface area contributed by atoms with Crippen molar-refractivity contribution < 1.29 is 37.5 Å². The summed E-state index contributed by atoms with van der Waals surface area (Å²) in [7, 11) is -1.95. The molecule has 0 bridgehead atoms. The first-order valence-corrected chi connectivity index (χ1v) is 13.1. The van der Waals surface area contributed by atoms with E-state index in [9.17, 15) is 38.1 Å². The van der Waals surface area contributed by atoms with Gasteiger partial charge in [-0.25, -0.2) is 0 Å². The smallest absolute Gasteiger partial charge is 0.426 e. The largest absolute Gasteiger partial charge is 0.475 e. The van der Waals surface area contributed by atoms with Crippen LogP contribution in [-0.2, 0) is 20.7 Å². The second kappa shape index (κ2) is 14.6. The Kier molecular flexibility index (Phi) is 12.2. The highest BCUT2D eigenvalue weighted by Crippen LogP contribution is 2.29. The average Bonchev–Trinajstić information content (AvgIpc) is 3.33. The first-order chi connectivity index (χ1) is 18.6. The molecular formula is C27H38BF3N4O5. The highest BCUT2D eigenvalue weighted by Gasteiger charge is 2.35. The molecule has 13 heteroatoms. The van der Waals surface area contributed by atoms with Gasteiger partial charge < -0.3 is 25.0 Å². The minimum Gasteiger partial charge on any atom is -0.426 e. The van der Waals surface area contributed by atoms with Crippen molar-refractivity contribution in [1.29, 1.82) is 5.26 Å². The second-order valence-corrected chi connectivity index (χ2v) is 11.0. The Hall–Kier alpha value is -2.92. The van der Waals surface area contributed by atoms with Crippen LogP contribution in [0.5, 0.6) is 0 Å². The average molecular weight is 566 g/mol. The molecule has 0 aliphatic carbocycles. The van der Waals surface area contributed by atoms with Crippen LogP contribution in [0.25, 0.3) is 0 Å². The number of allylic oxidation sites excluding steroid dienone is 1. The van der Waals surface area contributed by atoms with E-state index in [1.807, 2.05) is 26.8 Å². The highest BCUT2D eigenvalue weighted by molar-refractivity contribution is 6.43. The van der Waals surface area contributed by atoms with Crippen LogP contribution in [0.2, 0.25) is 0 Å². The van der Waals surface area contributed by atoms with Gasteiger partial charge in [-0.1, -0.05) is 51.1 Å². The molecule has 40 heavy (non-hydrogen) atoms. The Balaban J connectivity index is 2.09. The Morgan fingerprint density at radius 1 is 1.23 bits per heavy atom. The molecule has 0 aromatic heterocycles. The molecule has 3 atom stereocenters. The lowest BCUT2D eigenvalue weighted by Crippen LogP contribution is -2.56. The predicted molar refractivity (Wildman–Crippen MR) is 143 cm³/mol. The lowest BCUT2D eigenvalue weighted by molar-refractivity contribution is -0.135. The fraction of sp³-hybridized carbons (Fsp3) is 0.593. The van der Waals surface area contributed by atoms with Crippen LogP contribution in [-0.4, -0.2) is 84.4 Å². The molecule has 0 spiro atoms. The standard InChI is InChI=1S/C27H38BF3N4O5/c1-18(26(2,3)4)21(14-32)25(37)35-12-8-11-20(35)15-40-16-22(33-17-27(29,30)31)24(36)34-23(28(38)39)13-19-9-6-5-7-10-19/h5-7,9-10,20,22-23,33,38-39H,8,11-13,15-17H2,1-4H3,(H,34,36)/b21-18-/t20-,22+,23+/m1/s1. The van der Waals surface area contributed by atoms with Gasteiger partial charge in [-0.2, -0.15) is 18.4 Å². The van der Waals surface area contributed by atoms with E-state index in [1.54, 1.807) is 37.3 Å². The van der Waals surface area contributed by atoms with E-state index >= 15 is 0 Å². The minimum absolute atomic E-state index is 0.0406. The fourth-order valence-corrected chi connectivity index (χ4v) is 4.26. The number of halogens is 3. The van der Waals surface area contributed by atoms with Crippen LogP contribution in [0.1, 0.15) is 46.1 Å². The quantitative estimate of drug-likeness (QED) is 0.173. The van der Waals surface area contributed by atoms with Crippen molar-refractivity contribution in [3.63, 3.8) is 0 Å². The molecule has 4 N–H and O–H groups in total. The van der Waals surface area contributed by atoms with Gasteiger partial charge in [0.1, 0.15) is 17.7 Å². The van der Waals surface area contributed by atoms with E-state index in [0.717, 1.165) is 0 Å². The molecule has 1 fully saturated rings. The van der Waals surface area contributed by atoms with Crippen molar-refractivity contribution in [2.24, 2.45) is 5.41 Å². The number of nitriles is 1. The molecule has 1 heterocycles. The highest BCUT2D eigenvalue weighted by atomic mass is 19.4. The molecule has 1 saturated heterocycles. The van der Waals surface area contributed by atoms with Gasteiger partial charge in [0.15, 0.2) is 0 Å². The Bertz CT molecular complexity index is 1070. The summed E-state index contributed by atoms with van der Waals surface area (Å²) in [5, 5.41) is 33.7. The van der Waals surface area contributed by atoms with E-state index < -0.39 is 61.7 Å². The zero-order chi connectivity index (χ0) is 30.1. The number of likely N-dealkylation sites (tertiary alicyclic amines) is 1. The molecule has 0 radical (unpaired) electrons. The minimum atomic E-state index is -4.60. The normalized spacial score (nSPS) is 18.0. The maximum Gasteiger partial charge on any atom is 0.475 e. The molecule has 220 valence electrons. The van der Waals surface area contributed by atoms with E-state index in [-0.39, 0.29) is 18.6 Å². The van der Waals surface area contributed by atoms with Crippen LogP contribution in [0.3, 0.4) is 0 Å². The number of nitrogens with zero attached hydrogens (tertiary/aromatic N) is 2. The molecule has 0 saturated carbocycles. The fourth-order valence-electron chi connectivity index (χ4n) is 4.26. The molecule has 1 aromatic rings. The number of amides is 2. The first kappa shape index (κ1) is 33.3. The van der Waals surface area contributed by atoms with Crippen LogP contribution < -0.4 is 10.6 Å². The summed E-state index contributed by atoms with van der Waals surface area (Å²) in [5.41, 5.74) is 0.999. The molecule has 2 rings (SSSR count). The van der Waals surface area contributed by atoms with Crippen molar-refractivity contribution >= 4 is 18.9 Å². The number of hydrogen-bond donors (Lipinski definition) is 4. The summed E-state index contributed by atoms with van der Waals surface area (Å²) in [6.45, 7) is 5.87. The molecule has 2 amide bonds. The zero-order valence-corrected chi connectivity index (χ0v) is 23.3. The molecular weight excluding hydrogens is 528 g/mol. The number of alkyl halides is 3. The molecule has 1 aliphatic heterocycles. The molecule has 1 aliphatic rings.